The first kappa shape index (κ1) is 22.2. The highest BCUT2D eigenvalue weighted by Gasteiger charge is 2.37. The molecule has 0 aromatic heterocycles. The van der Waals surface area contributed by atoms with E-state index in [1.54, 1.807) is 12.1 Å². The van der Waals surface area contributed by atoms with E-state index in [1.165, 1.54) is 5.57 Å². The topological polar surface area (TPSA) is 57.5 Å². The van der Waals surface area contributed by atoms with Gasteiger partial charge in [0.25, 0.3) is 0 Å². The van der Waals surface area contributed by atoms with Gasteiger partial charge in [-0.1, -0.05) is 75.2 Å². The van der Waals surface area contributed by atoms with Crippen molar-refractivity contribution in [2.75, 3.05) is 0 Å². The summed E-state index contributed by atoms with van der Waals surface area (Å²) in [6, 6.07) is 13.3. The molecule has 30 heavy (non-hydrogen) atoms. The Bertz CT molecular complexity index is 993. The van der Waals surface area contributed by atoms with Gasteiger partial charge in [0.05, 0.1) is 5.02 Å². The lowest BCUT2D eigenvalue weighted by molar-refractivity contribution is -0.131. The predicted octanol–water partition coefficient (Wildman–Crippen LogP) is 7.18. The van der Waals surface area contributed by atoms with E-state index >= 15 is 0 Å². The monoisotopic (exact) mass is 424 g/mol. The molecule has 1 aliphatic carbocycles. The molecule has 0 unspecified atom stereocenters. The van der Waals surface area contributed by atoms with Gasteiger partial charge in [-0.3, -0.25) is 0 Å². The first-order chi connectivity index (χ1) is 14.0. The predicted molar refractivity (Wildman–Crippen MR) is 124 cm³/mol. The van der Waals surface area contributed by atoms with E-state index < -0.39 is 5.97 Å². The molecule has 0 aliphatic heterocycles. The lowest BCUT2D eigenvalue weighted by Crippen LogP contribution is -2.30. The van der Waals surface area contributed by atoms with E-state index in [0.717, 1.165) is 47.6 Å². The van der Waals surface area contributed by atoms with Crippen molar-refractivity contribution in [3.8, 4) is 5.75 Å². The zero-order valence-electron chi connectivity index (χ0n) is 18.0. The van der Waals surface area contributed by atoms with Crippen molar-refractivity contribution >= 4 is 29.2 Å². The van der Waals surface area contributed by atoms with Crippen molar-refractivity contribution in [1.82, 2.24) is 0 Å². The number of phenols is 1. The van der Waals surface area contributed by atoms with Crippen LogP contribution in [0.4, 0.5) is 0 Å². The number of aromatic hydroxyl groups is 1. The third-order valence-electron chi connectivity index (χ3n) is 5.55. The minimum Gasteiger partial charge on any atom is -0.506 e. The van der Waals surface area contributed by atoms with E-state index in [0.29, 0.717) is 5.02 Å². The molecule has 0 heterocycles. The molecule has 0 atom stereocenters. The van der Waals surface area contributed by atoms with Crippen LogP contribution in [0, 0.1) is 10.8 Å². The fraction of sp³-hybridized carbons (Fsp3) is 0.346. The molecule has 2 aromatic carbocycles. The van der Waals surface area contributed by atoms with Gasteiger partial charge in [-0.05, 0) is 70.6 Å². The van der Waals surface area contributed by atoms with E-state index in [-0.39, 0.29) is 16.6 Å². The molecule has 0 radical (unpaired) electrons. The van der Waals surface area contributed by atoms with Crippen molar-refractivity contribution in [2.45, 2.75) is 47.0 Å². The SMILES string of the molecule is CC1(C)CC(=C(c2ccc(/C=C/C(=O)O)cc2)c2ccc(O)c(Cl)c2)CC(C)(C)C1. The van der Waals surface area contributed by atoms with Gasteiger partial charge in [-0.25, -0.2) is 4.79 Å². The summed E-state index contributed by atoms with van der Waals surface area (Å²) in [5, 5.41) is 19.1. The number of carboxylic acid groups (broad SMARTS) is 1. The summed E-state index contributed by atoms with van der Waals surface area (Å²) in [7, 11) is 0. The minimum atomic E-state index is -0.965. The van der Waals surface area contributed by atoms with E-state index in [1.807, 2.05) is 36.4 Å². The fourth-order valence-corrected chi connectivity index (χ4v) is 5.16. The molecule has 1 fully saturated rings. The Morgan fingerprint density at radius 1 is 0.967 bits per heavy atom. The molecular formula is C26H29ClO3. The summed E-state index contributed by atoms with van der Waals surface area (Å²) < 4.78 is 0. The maximum atomic E-state index is 10.8. The van der Waals surface area contributed by atoms with Crippen LogP contribution >= 0.6 is 11.6 Å². The summed E-state index contributed by atoms with van der Waals surface area (Å²) in [6.45, 7) is 9.26. The number of phenolic OH excluding ortho intramolecular Hbond substituents is 1. The van der Waals surface area contributed by atoms with E-state index in [9.17, 15) is 9.90 Å². The Balaban J connectivity index is 2.15. The smallest absolute Gasteiger partial charge is 0.328 e. The van der Waals surface area contributed by atoms with Crippen molar-refractivity contribution in [3.63, 3.8) is 0 Å². The van der Waals surface area contributed by atoms with Crippen LogP contribution in [-0.2, 0) is 4.79 Å². The molecule has 3 nitrogen and oxygen atoms in total. The van der Waals surface area contributed by atoms with Gasteiger partial charge in [-0.2, -0.15) is 0 Å². The molecule has 2 aromatic rings. The molecule has 1 aliphatic rings. The molecule has 4 heteroatoms. The van der Waals surface area contributed by atoms with E-state index in [2.05, 4.69) is 27.7 Å². The van der Waals surface area contributed by atoms with Crippen LogP contribution < -0.4 is 0 Å². The van der Waals surface area contributed by atoms with Crippen LogP contribution in [0.3, 0.4) is 0 Å². The van der Waals surface area contributed by atoms with E-state index in [4.69, 9.17) is 16.7 Å². The zero-order chi connectivity index (χ0) is 22.1. The van der Waals surface area contributed by atoms with Crippen LogP contribution in [0.5, 0.6) is 5.75 Å². The number of hydrogen-bond donors (Lipinski definition) is 2. The fourth-order valence-electron chi connectivity index (χ4n) is 4.98. The molecule has 2 N–H and O–H groups in total. The Morgan fingerprint density at radius 2 is 1.53 bits per heavy atom. The van der Waals surface area contributed by atoms with Crippen LogP contribution in [-0.4, -0.2) is 16.2 Å². The van der Waals surface area contributed by atoms with Crippen molar-refractivity contribution in [1.29, 1.82) is 0 Å². The summed E-state index contributed by atoms with van der Waals surface area (Å²) in [5.41, 5.74) is 5.78. The molecule has 3 rings (SSSR count). The van der Waals surface area contributed by atoms with Gasteiger partial charge in [0.2, 0.25) is 0 Å². The molecular weight excluding hydrogens is 396 g/mol. The van der Waals surface area contributed by atoms with Gasteiger partial charge in [0, 0.05) is 6.08 Å². The second kappa shape index (κ2) is 8.31. The van der Waals surface area contributed by atoms with Crippen molar-refractivity contribution < 1.29 is 15.0 Å². The Labute approximate surface area is 183 Å². The Morgan fingerprint density at radius 3 is 2.07 bits per heavy atom. The molecule has 0 saturated heterocycles. The normalized spacial score (nSPS) is 17.8. The highest BCUT2D eigenvalue weighted by atomic mass is 35.5. The number of allylic oxidation sites excluding steroid dienone is 1. The number of carboxylic acids is 1. The second-order valence-corrected chi connectivity index (χ2v) is 10.2. The lowest BCUT2D eigenvalue weighted by atomic mass is 9.62. The van der Waals surface area contributed by atoms with Gasteiger partial charge in [0.1, 0.15) is 5.75 Å². The Hall–Kier alpha value is -2.52. The first-order valence-electron chi connectivity index (χ1n) is 10.2. The van der Waals surface area contributed by atoms with Crippen LogP contribution in [0.15, 0.2) is 54.1 Å². The molecule has 0 spiro atoms. The van der Waals surface area contributed by atoms with Gasteiger partial charge in [0.15, 0.2) is 0 Å². The minimum absolute atomic E-state index is 0.0724. The maximum absolute atomic E-state index is 10.8. The number of rotatable bonds is 4. The van der Waals surface area contributed by atoms with Crippen molar-refractivity contribution in [3.05, 3.63) is 75.8 Å². The summed E-state index contributed by atoms with van der Waals surface area (Å²) in [6.07, 6.45) is 5.87. The average Bonchev–Trinajstić information content (AvgIpc) is 2.61. The highest BCUT2D eigenvalue weighted by Crippen LogP contribution is 2.51. The Kier molecular flexibility index (Phi) is 6.14. The quantitative estimate of drug-likeness (QED) is 0.511. The third kappa shape index (κ3) is 5.34. The summed E-state index contributed by atoms with van der Waals surface area (Å²) >= 11 is 6.26. The second-order valence-electron chi connectivity index (χ2n) is 9.80. The number of carbonyl (C=O) groups is 1. The number of hydrogen-bond acceptors (Lipinski definition) is 2. The molecule has 158 valence electrons. The first-order valence-corrected chi connectivity index (χ1v) is 10.6. The van der Waals surface area contributed by atoms with Crippen LogP contribution in [0.25, 0.3) is 11.6 Å². The van der Waals surface area contributed by atoms with Crippen LogP contribution in [0.2, 0.25) is 5.02 Å². The third-order valence-corrected chi connectivity index (χ3v) is 5.85. The standard InChI is InChI=1S/C26H29ClO3/c1-25(2)14-20(15-26(3,4)16-25)24(19-10-11-22(28)21(27)13-19)18-8-5-17(6-9-18)7-12-23(29)30/h5-13,28H,14-16H2,1-4H3,(H,29,30)/b12-7+. The maximum Gasteiger partial charge on any atom is 0.328 e. The lowest BCUT2D eigenvalue weighted by Gasteiger charge is -2.43. The largest absolute Gasteiger partial charge is 0.506 e. The van der Waals surface area contributed by atoms with Crippen LogP contribution in [0.1, 0.15) is 63.6 Å². The molecule has 0 amide bonds. The number of aliphatic carboxylic acids is 1. The molecule has 1 saturated carbocycles. The summed E-state index contributed by atoms with van der Waals surface area (Å²) in [4.78, 5) is 10.8. The zero-order valence-corrected chi connectivity index (χ0v) is 18.8. The molecule has 0 bridgehead atoms. The van der Waals surface area contributed by atoms with Crippen molar-refractivity contribution in [2.24, 2.45) is 10.8 Å². The average molecular weight is 425 g/mol. The summed E-state index contributed by atoms with van der Waals surface area (Å²) in [5.74, 6) is -0.893. The van der Waals surface area contributed by atoms with Gasteiger partial charge < -0.3 is 10.2 Å². The van der Waals surface area contributed by atoms with Gasteiger partial charge in [-0.15, -0.1) is 0 Å². The van der Waals surface area contributed by atoms with Gasteiger partial charge >= 0.3 is 5.97 Å². The number of halogens is 1. The highest BCUT2D eigenvalue weighted by molar-refractivity contribution is 6.32. The number of benzene rings is 2.